The highest BCUT2D eigenvalue weighted by Gasteiger charge is 2.34. The standard InChI is InChI=1S/C14H22N4O/c1-3-6-11-13-14(17(2)16-11)18(9-12(19)15-13)10-7-4-5-8-10/h10H,3-9H2,1-2H3,(H,15,19). The molecule has 1 fully saturated rings. The molecule has 0 unspecified atom stereocenters. The summed E-state index contributed by atoms with van der Waals surface area (Å²) in [6.45, 7) is 2.61. The summed E-state index contributed by atoms with van der Waals surface area (Å²) in [5, 5.41) is 7.62. The predicted octanol–water partition coefficient (Wildman–Crippen LogP) is 2.07. The molecule has 104 valence electrons. The van der Waals surface area contributed by atoms with E-state index in [0.29, 0.717) is 12.6 Å². The lowest BCUT2D eigenvalue weighted by molar-refractivity contribution is -0.115. The van der Waals surface area contributed by atoms with Crippen LogP contribution in [0.3, 0.4) is 0 Å². The van der Waals surface area contributed by atoms with Crippen molar-refractivity contribution in [2.75, 3.05) is 16.8 Å². The molecule has 19 heavy (non-hydrogen) atoms. The summed E-state index contributed by atoms with van der Waals surface area (Å²) < 4.78 is 1.94. The third kappa shape index (κ3) is 2.11. The summed E-state index contributed by atoms with van der Waals surface area (Å²) in [4.78, 5) is 14.2. The Hall–Kier alpha value is -1.52. The zero-order valence-corrected chi connectivity index (χ0v) is 11.8. The summed E-state index contributed by atoms with van der Waals surface area (Å²) in [5.41, 5.74) is 1.98. The average molecular weight is 262 g/mol. The maximum absolute atomic E-state index is 12.0. The van der Waals surface area contributed by atoms with E-state index in [0.717, 1.165) is 30.0 Å². The van der Waals surface area contributed by atoms with Gasteiger partial charge in [0, 0.05) is 13.1 Å². The number of hydrogen-bond acceptors (Lipinski definition) is 3. The molecule has 2 aliphatic rings. The number of hydrogen-bond donors (Lipinski definition) is 1. The molecule has 0 bridgehead atoms. The van der Waals surface area contributed by atoms with Gasteiger partial charge in [0.05, 0.1) is 12.2 Å². The molecule has 1 saturated carbocycles. The van der Waals surface area contributed by atoms with Gasteiger partial charge in [-0.3, -0.25) is 9.48 Å². The van der Waals surface area contributed by atoms with E-state index in [9.17, 15) is 4.79 Å². The Labute approximate surface area is 114 Å². The Morgan fingerprint density at radius 2 is 2.11 bits per heavy atom. The van der Waals surface area contributed by atoms with E-state index >= 15 is 0 Å². The maximum atomic E-state index is 12.0. The Kier molecular flexibility index (Phi) is 3.21. The van der Waals surface area contributed by atoms with Crippen LogP contribution in [0.1, 0.15) is 44.7 Å². The van der Waals surface area contributed by atoms with Gasteiger partial charge in [0.15, 0.2) is 5.82 Å². The minimum Gasteiger partial charge on any atom is -0.343 e. The second-order valence-corrected chi connectivity index (χ2v) is 5.63. The van der Waals surface area contributed by atoms with Gasteiger partial charge in [-0.1, -0.05) is 26.2 Å². The molecule has 5 nitrogen and oxygen atoms in total. The number of anilines is 2. The van der Waals surface area contributed by atoms with Gasteiger partial charge in [-0.25, -0.2) is 0 Å². The third-order valence-corrected chi connectivity index (χ3v) is 4.19. The second kappa shape index (κ2) is 4.87. The lowest BCUT2D eigenvalue weighted by Gasteiger charge is -2.34. The molecule has 3 rings (SSSR count). The highest BCUT2D eigenvalue weighted by molar-refractivity contribution is 6.01. The Bertz CT molecular complexity index is 488. The molecule has 1 aromatic rings. The van der Waals surface area contributed by atoms with Gasteiger partial charge in [-0.2, -0.15) is 5.10 Å². The monoisotopic (exact) mass is 262 g/mol. The Balaban J connectivity index is 2.00. The van der Waals surface area contributed by atoms with Crippen LogP contribution in [-0.4, -0.2) is 28.3 Å². The molecule has 0 saturated heterocycles. The number of carbonyl (C=O) groups is 1. The molecule has 0 aromatic carbocycles. The average Bonchev–Trinajstić information content (AvgIpc) is 2.99. The summed E-state index contributed by atoms with van der Waals surface area (Å²) in [7, 11) is 1.98. The van der Waals surface area contributed by atoms with Crippen LogP contribution in [0, 0.1) is 0 Å². The Morgan fingerprint density at radius 3 is 2.79 bits per heavy atom. The number of aryl methyl sites for hydroxylation is 2. The van der Waals surface area contributed by atoms with Crippen molar-refractivity contribution >= 4 is 17.4 Å². The van der Waals surface area contributed by atoms with E-state index < -0.39 is 0 Å². The minimum absolute atomic E-state index is 0.102. The number of fused-ring (bicyclic) bond motifs is 1. The third-order valence-electron chi connectivity index (χ3n) is 4.19. The van der Waals surface area contributed by atoms with Gasteiger partial charge in [-0.15, -0.1) is 0 Å². The summed E-state index contributed by atoms with van der Waals surface area (Å²) >= 11 is 0. The zero-order valence-electron chi connectivity index (χ0n) is 11.8. The topological polar surface area (TPSA) is 50.2 Å². The minimum atomic E-state index is 0.102. The molecule has 1 aliphatic heterocycles. The number of nitrogens with one attached hydrogen (secondary N) is 1. The molecule has 1 aromatic heterocycles. The maximum Gasteiger partial charge on any atom is 0.244 e. The fraction of sp³-hybridized carbons (Fsp3) is 0.714. The van der Waals surface area contributed by atoms with E-state index in [1.807, 2.05) is 11.7 Å². The van der Waals surface area contributed by atoms with Crippen molar-refractivity contribution in [3.63, 3.8) is 0 Å². The molecule has 5 heteroatoms. The first-order chi connectivity index (χ1) is 9.20. The van der Waals surface area contributed by atoms with Gasteiger partial charge < -0.3 is 10.2 Å². The first-order valence-corrected chi connectivity index (χ1v) is 7.33. The van der Waals surface area contributed by atoms with Gasteiger partial charge in [0.1, 0.15) is 5.69 Å². The van der Waals surface area contributed by atoms with Crippen LogP contribution >= 0.6 is 0 Å². The van der Waals surface area contributed by atoms with Crippen molar-refractivity contribution in [1.29, 1.82) is 0 Å². The fourth-order valence-electron chi connectivity index (χ4n) is 3.37. The lowest BCUT2D eigenvalue weighted by Crippen LogP contribution is -2.44. The first-order valence-electron chi connectivity index (χ1n) is 7.33. The van der Waals surface area contributed by atoms with Crippen LogP contribution in [0.15, 0.2) is 0 Å². The van der Waals surface area contributed by atoms with Crippen molar-refractivity contribution in [3.8, 4) is 0 Å². The zero-order chi connectivity index (χ0) is 13.4. The van der Waals surface area contributed by atoms with Crippen LogP contribution in [0.2, 0.25) is 0 Å². The van der Waals surface area contributed by atoms with Crippen LogP contribution in [0.25, 0.3) is 0 Å². The summed E-state index contributed by atoms with van der Waals surface area (Å²) in [5.74, 6) is 1.21. The van der Waals surface area contributed by atoms with Gasteiger partial charge in [0.25, 0.3) is 0 Å². The predicted molar refractivity (Wildman–Crippen MR) is 75.4 cm³/mol. The summed E-state index contributed by atoms with van der Waals surface area (Å²) in [6.07, 6.45) is 6.91. The molecule has 0 spiro atoms. The quantitative estimate of drug-likeness (QED) is 0.907. The molecule has 1 amide bonds. The van der Waals surface area contributed by atoms with E-state index in [1.165, 1.54) is 25.7 Å². The second-order valence-electron chi connectivity index (χ2n) is 5.63. The highest BCUT2D eigenvalue weighted by Crippen LogP contribution is 2.37. The van der Waals surface area contributed by atoms with Crippen molar-refractivity contribution < 1.29 is 4.79 Å². The number of nitrogens with zero attached hydrogens (tertiary/aromatic N) is 3. The van der Waals surface area contributed by atoms with Crippen molar-refractivity contribution in [2.24, 2.45) is 7.05 Å². The molecule has 1 aliphatic carbocycles. The van der Waals surface area contributed by atoms with Crippen LogP contribution in [-0.2, 0) is 18.3 Å². The SMILES string of the molecule is CCCc1nn(C)c2c1NC(=O)CN2C1CCCC1. The number of amides is 1. The van der Waals surface area contributed by atoms with E-state index in [1.54, 1.807) is 0 Å². The number of rotatable bonds is 3. The lowest BCUT2D eigenvalue weighted by atomic mass is 10.1. The van der Waals surface area contributed by atoms with Crippen LogP contribution in [0.4, 0.5) is 11.5 Å². The first kappa shape index (κ1) is 12.5. The van der Waals surface area contributed by atoms with Gasteiger partial charge in [-0.05, 0) is 19.3 Å². The van der Waals surface area contributed by atoms with Crippen LogP contribution < -0.4 is 10.2 Å². The molecule has 2 heterocycles. The number of aromatic nitrogens is 2. The molecular formula is C14H22N4O. The molecular weight excluding hydrogens is 240 g/mol. The van der Waals surface area contributed by atoms with Crippen molar-refractivity contribution in [1.82, 2.24) is 9.78 Å². The van der Waals surface area contributed by atoms with Crippen molar-refractivity contribution in [2.45, 2.75) is 51.5 Å². The van der Waals surface area contributed by atoms with Crippen molar-refractivity contribution in [3.05, 3.63) is 5.69 Å². The molecule has 1 N–H and O–H groups in total. The van der Waals surface area contributed by atoms with Gasteiger partial charge >= 0.3 is 0 Å². The molecule has 0 atom stereocenters. The number of carbonyl (C=O) groups excluding carboxylic acids is 1. The molecule has 0 radical (unpaired) electrons. The largest absolute Gasteiger partial charge is 0.343 e. The van der Waals surface area contributed by atoms with E-state index in [2.05, 4.69) is 22.2 Å². The van der Waals surface area contributed by atoms with Crippen LogP contribution in [0.5, 0.6) is 0 Å². The normalized spacial score (nSPS) is 19.7. The van der Waals surface area contributed by atoms with Gasteiger partial charge in [0.2, 0.25) is 5.91 Å². The fourth-order valence-corrected chi connectivity index (χ4v) is 3.37. The van der Waals surface area contributed by atoms with E-state index in [4.69, 9.17) is 0 Å². The highest BCUT2D eigenvalue weighted by atomic mass is 16.2. The summed E-state index contributed by atoms with van der Waals surface area (Å²) in [6, 6.07) is 0.509. The van der Waals surface area contributed by atoms with E-state index in [-0.39, 0.29) is 5.91 Å². The smallest absolute Gasteiger partial charge is 0.244 e. The Morgan fingerprint density at radius 1 is 1.37 bits per heavy atom.